The molecule has 2 N–H and O–H groups in total. The molecule has 0 radical (unpaired) electrons. The summed E-state index contributed by atoms with van der Waals surface area (Å²) in [5.74, 6) is 0. The van der Waals surface area contributed by atoms with E-state index in [0.29, 0.717) is 9.70 Å². The summed E-state index contributed by atoms with van der Waals surface area (Å²) in [5.41, 5.74) is 4.85. The zero-order chi connectivity index (χ0) is 10.3. The average molecular weight is 217 g/mol. The third-order valence-electron chi connectivity index (χ3n) is 1.87. The number of anilines is 1. The van der Waals surface area contributed by atoms with Crippen molar-refractivity contribution in [2.45, 2.75) is 6.18 Å². The van der Waals surface area contributed by atoms with Crippen LogP contribution in [-0.2, 0) is 6.18 Å². The van der Waals surface area contributed by atoms with Gasteiger partial charge < -0.3 is 5.73 Å². The van der Waals surface area contributed by atoms with Gasteiger partial charge in [0.05, 0.1) is 10.6 Å². The fourth-order valence-corrected chi connectivity index (χ4v) is 2.10. The predicted molar refractivity (Wildman–Crippen MR) is 51.2 cm³/mol. The summed E-state index contributed by atoms with van der Waals surface area (Å²) in [6.45, 7) is 0. The molecule has 1 aromatic heterocycles. The molecule has 0 aliphatic rings. The molecule has 0 aliphatic heterocycles. The molecule has 14 heavy (non-hydrogen) atoms. The molecule has 0 unspecified atom stereocenters. The summed E-state index contributed by atoms with van der Waals surface area (Å²) in [6, 6.07) is 5.29. The first-order valence-electron chi connectivity index (χ1n) is 3.83. The molecule has 0 spiro atoms. The van der Waals surface area contributed by atoms with Gasteiger partial charge in [-0.2, -0.15) is 13.2 Å². The topological polar surface area (TPSA) is 26.0 Å². The van der Waals surface area contributed by atoms with Crippen LogP contribution in [0.4, 0.5) is 18.2 Å². The van der Waals surface area contributed by atoms with E-state index < -0.39 is 11.7 Å². The van der Waals surface area contributed by atoms with Crippen molar-refractivity contribution in [1.29, 1.82) is 0 Å². The maximum atomic E-state index is 12.3. The highest BCUT2D eigenvalue weighted by Gasteiger charge is 2.30. The number of hydrogen-bond donors (Lipinski definition) is 1. The molecule has 1 heterocycles. The van der Waals surface area contributed by atoms with E-state index in [1.165, 1.54) is 6.07 Å². The molecule has 1 aromatic carbocycles. The number of rotatable bonds is 0. The number of hydrogen-bond acceptors (Lipinski definition) is 2. The highest BCUT2D eigenvalue weighted by Crippen LogP contribution is 2.34. The molecule has 74 valence electrons. The molecular weight excluding hydrogens is 211 g/mol. The number of nitrogens with two attached hydrogens (primary N) is 1. The van der Waals surface area contributed by atoms with Crippen molar-refractivity contribution in [3.8, 4) is 0 Å². The van der Waals surface area contributed by atoms with E-state index in [-0.39, 0.29) is 0 Å². The SMILES string of the molecule is Nc1cc2ccc(C(F)(F)F)cc2s1. The number of fused-ring (bicyclic) bond motifs is 1. The Kier molecular flexibility index (Phi) is 1.92. The van der Waals surface area contributed by atoms with Gasteiger partial charge in [0.1, 0.15) is 0 Å². The van der Waals surface area contributed by atoms with Crippen molar-refractivity contribution in [2.24, 2.45) is 0 Å². The molecular formula is C9H6F3NS. The van der Waals surface area contributed by atoms with Crippen LogP contribution in [0.25, 0.3) is 10.1 Å². The van der Waals surface area contributed by atoms with Crippen molar-refractivity contribution >= 4 is 26.4 Å². The molecule has 2 rings (SSSR count). The second kappa shape index (κ2) is 2.88. The molecule has 5 heteroatoms. The minimum atomic E-state index is -4.28. The maximum Gasteiger partial charge on any atom is 0.416 e. The summed E-state index contributed by atoms with van der Waals surface area (Å²) in [7, 11) is 0. The molecule has 0 fully saturated rings. The van der Waals surface area contributed by atoms with Gasteiger partial charge in [-0.1, -0.05) is 6.07 Å². The second-order valence-electron chi connectivity index (χ2n) is 2.90. The lowest BCUT2D eigenvalue weighted by Crippen LogP contribution is -2.03. The van der Waals surface area contributed by atoms with Crippen molar-refractivity contribution in [3.63, 3.8) is 0 Å². The van der Waals surface area contributed by atoms with E-state index in [1.54, 1.807) is 6.07 Å². The monoisotopic (exact) mass is 217 g/mol. The molecule has 0 bridgehead atoms. The molecule has 0 saturated carbocycles. The van der Waals surface area contributed by atoms with Crippen LogP contribution >= 0.6 is 11.3 Å². The van der Waals surface area contributed by atoms with E-state index in [2.05, 4.69) is 0 Å². The first-order valence-corrected chi connectivity index (χ1v) is 4.65. The van der Waals surface area contributed by atoms with E-state index in [0.717, 1.165) is 28.9 Å². The standard InChI is InChI=1S/C9H6F3NS/c10-9(11,12)6-2-1-5-3-8(13)14-7(5)4-6/h1-4H,13H2. The number of alkyl halides is 3. The van der Waals surface area contributed by atoms with Gasteiger partial charge in [-0.25, -0.2) is 0 Å². The van der Waals surface area contributed by atoms with Gasteiger partial charge in [-0.3, -0.25) is 0 Å². The lowest BCUT2D eigenvalue weighted by molar-refractivity contribution is -0.137. The fourth-order valence-electron chi connectivity index (χ4n) is 1.23. The average Bonchev–Trinajstić information content (AvgIpc) is 2.41. The summed E-state index contributed by atoms with van der Waals surface area (Å²) >= 11 is 1.16. The Morgan fingerprint density at radius 1 is 1.14 bits per heavy atom. The van der Waals surface area contributed by atoms with Gasteiger partial charge in [0.15, 0.2) is 0 Å². The predicted octanol–water partition coefficient (Wildman–Crippen LogP) is 3.50. The van der Waals surface area contributed by atoms with Crippen LogP contribution in [0, 0.1) is 0 Å². The third kappa shape index (κ3) is 1.55. The first-order chi connectivity index (χ1) is 6.47. The number of benzene rings is 1. The Bertz CT molecular complexity index is 472. The van der Waals surface area contributed by atoms with Crippen LogP contribution in [0.2, 0.25) is 0 Å². The van der Waals surface area contributed by atoms with Crippen LogP contribution in [-0.4, -0.2) is 0 Å². The zero-order valence-corrected chi connectivity index (χ0v) is 7.75. The van der Waals surface area contributed by atoms with E-state index in [9.17, 15) is 13.2 Å². The van der Waals surface area contributed by atoms with Gasteiger partial charge >= 0.3 is 6.18 Å². The van der Waals surface area contributed by atoms with Crippen LogP contribution in [0.5, 0.6) is 0 Å². The van der Waals surface area contributed by atoms with Crippen molar-refractivity contribution in [1.82, 2.24) is 0 Å². The number of halogens is 3. The van der Waals surface area contributed by atoms with Crippen molar-refractivity contribution in [3.05, 3.63) is 29.8 Å². The van der Waals surface area contributed by atoms with Crippen LogP contribution in [0.15, 0.2) is 24.3 Å². The van der Waals surface area contributed by atoms with Gasteiger partial charge in [0.25, 0.3) is 0 Å². The molecule has 0 saturated heterocycles. The highest BCUT2D eigenvalue weighted by molar-refractivity contribution is 7.22. The number of nitrogen functional groups attached to an aromatic ring is 1. The van der Waals surface area contributed by atoms with Gasteiger partial charge in [0.2, 0.25) is 0 Å². The van der Waals surface area contributed by atoms with Crippen molar-refractivity contribution in [2.75, 3.05) is 5.73 Å². The van der Waals surface area contributed by atoms with Crippen molar-refractivity contribution < 1.29 is 13.2 Å². The highest BCUT2D eigenvalue weighted by atomic mass is 32.1. The lowest BCUT2D eigenvalue weighted by atomic mass is 10.2. The maximum absolute atomic E-state index is 12.3. The Hall–Kier alpha value is -1.23. The minimum Gasteiger partial charge on any atom is -0.391 e. The fraction of sp³-hybridized carbons (Fsp3) is 0.111. The summed E-state index contributed by atoms with van der Waals surface area (Å²) in [6.07, 6.45) is -4.28. The lowest BCUT2D eigenvalue weighted by Gasteiger charge is -2.05. The second-order valence-corrected chi connectivity index (χ2v) is 4.01. The van der Waals surface area contributed by atoms with E-state index in [4.69, 9.17) is 5.73 Å². The van der Waals surface area contributed by atoms with E-state index >= 15 is 0 Å². The molecule has 2 aromatic rings. The Balaban J connectivity index is 2.62. The summed E-state index contributed by atoms with van der Waals surface area (Å²) in [5, 5.41) is 1.28. The molecule has 1 nitrogen and oxygen atoms in total. The van der Waals surface area contributed by atoms with Crippen LogP contribution < -0.4 is 5.73 Å². The Morgan fingerprint density at radius 2 is 1.86 bits per heavy atom. The Labute approximate surface area is 82.0 Å². The quantitative estimate of drug-likeness (QED) is 0.718. The van der Waals surface area contributed by atoms with Gasteiger partial charge in [-0.15, -0.1) is 11.3 Å². The third-order valence-corrected chi connectivity index (χ3v) is 2.79. The zero-order valence-electron chi connectivity index (χ0n) is 6.93. The van der Waals surface area contributed by atoms with Gasteiger partial charge in [-0.05, 0) is 23.6 Å². The van der Waals surface area contributed by atoms with E-state index in [1.807, 2.05) is 0 Å². The first kappa shape index (κ1) is 9.33. The smallest absolute Gasteiger partial charge is 0.391 e. The molecule has 0 amide bonds. The minimum absolute atomic E-state index is 0.527. The Morgan fingerprint density at radius 3 is 2.50 bits per heavy atom. The molecule has 0 atom stereocenters. The van der Waals surface area contributed by atoms with Crippen LogP contribution in [0.1, 0.15) is 5.56 Å². The summed E-state index contributed by atoms with van der Waals surface area (Å²) < 4.78 is 37.5. The molecule has 0 aliphatic carbocycles. The van der Waals surface area contributed by atoms with Crippen LogP contribution in [0.3, 0.4) is 0 Å². The summed E-state index contributed by atoms with van der Waals surface area (Å²) in [4.78, 5) is 0. The van der Waals surface area contributed by atoms with Gasteiger partial charge in [0, 0.05) is 4.70 Å². The number of thiophene rings is 1. The normalized spacial score (nSPS) is 12.2. The largest absolute Gasteiger partial charge is 0.416 e.